The number of aromatic nitrogens is 4. The summed E-state index contributed by atoms with van der Waals surface area (Å²) in [6, 6.07) is 0. The molecule has 1 aliphatic carbocycles. The number of hydrogen-bond donors (Lipinski definition) is 1. The van der Waals surface area contributed by atoms with E-state index in [1.807, 2.05) is 16.0 Å². The monoisotopic (exact) mass is 369 g/mol. The van der Waals surface area contributed by atoms with Crippen molar-refractivity contribution in [2.75, 3.05) is 18.5 Å². The summed E-state index contributed by atoms with van der Waals surface area (Å²) in [6.07, 6.45) is 9.87. The number of carbonyl (C=O) groups excluding carboxylic acids is 1. The van der Waals surface area contributed by atoms with Gasteiger partial charge < -0.3 is 14.5 Å². The normalized spacial score (nSPS) is 18.3. The zero-order valence-electron chi connectivity index (χ0n) is 14.2. The molecule has 4 heterocycles. The van der Waals surface area contributed by atoms with Gasteiger partial charge in [-0.1, -0.05) is 0 Å². The third-order valence-corrected chi connectivity index (χ3v) is 5.93. The van der Waals surface area contributed by atoms with Crippen LogP contribution >= 0.6 is 11.3 Å². The molecule has 1 amide bonds. The molecule has 0 radical (unpaired) electrons. The van der Waals surface area contributed by atoms with Gasteiger partial charge in [-0.3, -0.25) is 4.79 Å². The number of nitrogens with one attached hydrogen (secondary N) is 1. The zero-order valence-corrected chi connectivity index (χ0v) is 15.0. The molecule has 1 N–H and O–H groups in total. The van der Waals surface area contributed by atoms with E-state index in [0.29, 0.717) is 23.3 Å². The summed E-state index contributed by atoms with van der Waals surface area (Å²) in [7, 11) is 0. The maximum absolute atomic E-state index is 12.4. The average Bonchev–Trinajstić information content (AvgIpc) is 3.24. The highest BCUT2D eigenvalue weighted by Gasteiger charge is 2.27. The topological polar surface area (TPSA) is 81.4 Å². The first-order valence-electron chi connectivity index (χ1n) is 8.95. The molecule has 134 valence electrons. The molecule has 3 aromatic heterocycles. The second kappa shape index (κ2) is 6.44. The van der Waals surface area contributed by atoms with Crippen LogP contribution in [0.5, 0.6) is 0 Å². The number of hydrogen-bond acceptors (Lipinski definition) is 6. The molecule has 2 aliphatic rings. The first kappa shape index (κ1) is 15.9. The van der Waals surface area contributed by atoms with E-state index in [1.54, 1.807) is 23.7 Å². The maximum Gasteiger partial charge on any atom is 0.276 e. The predicted octanol–water partition coefficient (Wildman–Crippen LogP) is 3.21. The molecule has 1 aliphatic heterocycles. The number of amides is 1. The van der Waals surface area contributed by atoms with Gasteiger partial charge in [0.2, 0.25) is 0 Å². The van der Waals surface area contributed by atoms with Crippen LogP contribution in [0, 0.1) is 0 Å². The molecule has 5 rings (SSSR count). The van der Waals surface area contributed by atoms with Crippen molar-refractivity contribution in [3.63, 3.8) is 0 Å². The van der Waals surface area contributed by atoms with Crippen LogP contribution in [0.2, 0.25) is 0 Å². The third kappa shape index (κ3) is 3.10. The molecule has 0 spiro atoms. The maximum atomic E-state index is 12.4. The van der Waals surface area contributed by atoms with Crippen molar-refractivity contribution in [3.05, 3.63) is 40.4 Å². The Morgan fingerprint density at radius 3 is 2.81 bits per heavy atom. The number of nitrogens with zero attached hydrogens (tertiary/aromatic N) is 4. The quantitative estimate of drug-likeness (QED) is 0.764. The van der Waals surface area contributed by atoms with Crippen LogP contribution in [0.4, 0.5) is 5.82 Å². The third-order valence-electron chi connectivity index (χ3n) is 4.92. The van der Waals surface area contributed by atoms with Gasteiger partial charge in [-0.2, -0.15) is 0 Å². The molecule has 0 unspecified atom stereocenters. The first-order valence-corrected chi connectivity index (χ1v) is 9.83. The molecule has 0 bridgehead atoms. The van der Waals surface area contributed by atoms with Gasteiger partial charge in [-0.05, 0) is 25.7 Å². The van der Waals surface area contributed by atoms with Gasteiger partial charge in [0, 0.05) is 36.6 Å². The Hall–Kier alpha value is -2.32. The Labute approximate surface area is 154 Å². The SMILES string of the molecule is O=C(Nc1cn2cc(C3CCOCC3)nc2cn1)c1csc(C2CC2)n1. The van der Waals surface area contributed by atoms with Crippen LogP contribution in [0.25, 0.3) is 5.65 Å². The van der Waals surface area contributed by atoms with Crippen LogP contribution in [0.3, 0.4) is 0 Å². The van der Waals surface area contributed by atoms with Crippen LogP contribution in [-0.4, -0.2) is 38.5 Å². The molecule has 1 saturated carbocycles. The highest BCUT2D eigenvalue weighted by atomic mass is 32.1. The lowest BCUT2D eigenvalue weighted by Gasteiger charge is -2.19. The zero-order chi connectivity index (χ0) is 17.5. The van der Waals surface area contributed by atoms with Crippen molar-refractivity contribution in [2.24, 2.45) is 0 Å². The summed E-state index contributed by atoms with van der Waals surface area (Å²) in [5.41, 5.74) is 2.31. The van der Waals surface area contributed by atoms with E-state index in [2.05, 4.69) is 20.3 Å². The molecule has 3 aromatic rings. The van der Waals surface area contributed by atoms with E-state index in [-0.39, 0.29) is 5.91 Å². The largest absolute Gasteiger partial charge is 0.381 e. The van der Waals surface area contributed by atoms with Gasteiger partial charge in [-0.25, -0.2) is 15.0 Å². The van der Waals surface area contributed by atoms with Crippen LogP contribution in [0.15, 0.2) is 24.0 Å². The average molecular weight is 369 g/mol. The van der Waals surface area contributed by atoms with Crippen LogP contribution in [-0.2, 0) is 4.74 Å². The minimum Gasteiger partial charge on any atom is -0.381 e. The van der Waals surface area contributed by atoms with Crippen molar-refractivity contribution in [2.45, 2.75) is 37.5 Å². The molecule has 2 fully saturated rings. The summed E-state index contributed by atoms with van der Waals surface area (Å²) in [5, 5.41) is 5.72. The van der Waals surface area contributed by atoms with Crippen molar-refractivity contribution >= 4 is 28.7 Å². The Kier molecular flexibility index (Phi) is 3.94. The van der Waals surface area contributed by atoms with E-state index in [9.17, 15) is 4.79 Å². The summed E-state index contributed by atoms with van der Waals surface area (Å²) in [5.74, 6) is 1.27. The number of rotatable bonds is 4. The van der Waals surface area contributed by atoms with E-state index in [1.165, 1.54) is 12.8 Å². The summed E-state index contributed by atoms with van der Waals surface area (Å²) in [6.45, 7) is 1.57. The fourth-order valence-electron chi connectivity index (χ4n) is 3.26. The number of fused-ring (bicyclic) bond motifs is 1. The molecule has 0 aromatic carbocycles. The molecule has 1 saturated heterocycles. The Balaban J connectivity index is 1.34. The van der Waals surface area contributed by atoms with Gasteiger partial charge in [0.25, 0.3) is 5.91 Å². The molecular weight excluding hydrogens is 350 g/mol. The fourth-order valence-corrected chi connectivity index (χ4v) is 4.23. The minimum absolute atomic E-state index is 0.218. The standard InChI is InChI=1S/C18H19N5O2S/c24-17(14-10-26-18(21-14)12-1-2-12)22-15-9-23-8-13(20-16(23)7-19-15)11-3-5-25-6-4-11/h7-12H,1-6H2,(H,22,24). The lowest BCUT2D eigenvalue weighted by molar-refractivity contribution is 0.0846. The second-order valence-electron chi connectivity index (χ2n) is 6.89. The van der Waals surface area contributed by atoms with Gasteiger partial charge >= 0.3 is 0 Å². The van der Waals surface area contributed by atoms with Gasteiger partial charge in [-0.15, -0.1) is 11.3 Å². The van der Waals surface area contributed by atoms with E-state index >= 15 is 0 Å². The minimum atomic E-state index is -0.218. The van der Waals surface area contributed by atoms with Gasteiger partial charge in [0.1, 0.15) is 11.5 Å². The number of carbonyl (C=O) groups is 1. The Bertz CT molecular complexity index is 956. The number of imidazole rings is 1. The Morgan fingerprint density at radius 2 is 2.00 bits per heavy atom. The number of ether oxygens (including phenoxy) is 1. The fraction of sp³-hybridized carbons (Fsp3) is 0.444. The van der Waals surface area contributed by atoms with Gasteiger partial charge in [0.05, 0.1) is 23.1 Å². The Morgan fingerprint density at radius 1 is 1.15 bits per heavy atom. The van der Waals surface area contributed by atoms with E-state index < -0.39 is 0 Å². The lowest BCUT2D eigenvalue weighted by Crippen LogP contribution is -2.14. The lowest BCUT2D eigenvalue weighted by atomic mass is 9.97. The first-order chi connectivity index (χ1) is 12.8. The second-order valence-corrected chi connectivity index (χ2v) is 7.78. The highest BCUT2D eigenvalue weighted by Crippen LogP contribution is 2.41. The summed E-state index contributed by atoms with van der Waals surface area (Å²) >= 11 is 1.56. The molecule has 0 atom stereocenters. The summed E-state index contributed by atoms with van der Waals surface area (Å²) < 4.78 is 7.34. The van der Waals surface area contributed by atoms with Crippen LogP contribution < -0.4 is 5.32 Å². The van der Waals surface area contributed by atoms with Crippen molar-refractivity contribution in [3.8, 4) is 0 Å². The van der Waals surface area contributed by atoms with E-state index in [0.717, 1.165) is 42.4 Å². The molecule has 7 nitrogen and oxygen atoms in total. The predicted molar refractivity (Wildman–Crippen MR) is 97.8 cm³/mol. The van der Waals surface area contributed by atoms with Crippen molar-refractivity contribution in [1.29, 1.82) is 0 Å². The van der Waals surface area contributed by atoms with Crippen LogP contribution in [0.1, 0.15) is 58.7 Å². The highest BCUT2D eigenvalue weighted by molar-refractivity contribution is 7.10. The van der Waals surface area contributed by atoms with Gasteiger partial charge in [0.15, 0.2) is 5.65 Å². The molecule has 26 heavy (non-hydrogen) atoms. The molecule has 8 heteroatoms. The molecular formula is C18H19N5O2S. The van der Waals surface area contributed by atoms with Crippen molar-refractivity contribution < 1.29 is 9.53 Å². The van der Waals surface area contributed by atoms with Crippen molar-refractivity contribution in [1.82, 2.24) is 19.4 Å². The number of thiazole rings is 1. The smallest absolute Gasteiger partial charge is 0.276 e. The summed E-state index contributed by atoms with van der Waals surface area (Å²) in [4.78, 5) is 25.8. The number of anilines is 1. The van der Waals surface area contributed by atoms with E-state index in [4.69, 9.17) is 4.74 Å².